The van der Waals surface area contributed by atoms with Crippen LogP contribution in [0, 0.1) is 0 Å². The van der Waals surface area contributed by atoms with E-state index in [1.165, 1.54) is 0 Å². The molecule has 0 radical (unpaired) electrons. The fourth-order valence-corrected chi connectivity index (χ4v) is 2.43. The summed E-state index contributed by atoms with van der Waals surface area (Å²) in [4.78, 5) is 23.7. The average molecular weight is 356 g/mol. The van der Waals surface area contributed by atoms with Crippen LogP contribution in [-0.4, -0.2) is 24.0 Å². The average Bonchev–Trinajstić information content (AvgIpc) is 2.57. The Hall–Kier alpha value is -2.70. The van der Waals surface area contributed by atoms with Crippen LogP contribution in [0.15, 0.2) is 48.5 Å². The van der Waals surface area contributed by atoms with Gasteiger partial charge in [0.1, 0.15) is 11.5 Å². The molecule has 26 heavy (non-hydrogen) atoms. The summed E-state index contributed by atoms with van der Waals surface area (Å²) >= 11 is 0. The molecule has 0 spiro atoms. The molecule has 0 saturated carbocycles. The third-order valence-electron chi connectivity index (χ3n) is 3.55. The maximum absolute atomic E-state index is 11.9. The zero-order chi connectivity index (χ0) is 19.1. The number of rotatable bonds is 6. The molecule has 4 N–H and O–H groups in total. The Balaban J connectivity index is 1.90. The van der Waals surface area contributed by atoms with E-state index in [1.54, 1.807) is 48.5 Å². The van der Waals surface area contributed by atoms with Crippen molar-refractivity contribution in [1.82, 2.24) is 0 Å². The van der Waals surface area contributed by atoms with E-state index in [1.807, 2.05) is 13.8 Å². The molecule has 0 saturated heterocycles. The van der Waals surface area contributed by atoms with E-state index < -0.39 is 11.9 Å². The molecular formula is C20H24N2O4. The lowest BCUT2D eigenvalue weighted by Crippen LogP contribution is -2.25. The van der Waals surface area contributed by atoms with Crippen LogP contribution in [0.3, 0.4) is 0 Å². The Morgan fingerprint density at radius 1 is 0.731 bits per heavy atom. The van der Waals surface area contributed by atoms with Crippen molar-refractivity contribution in [2.75, 3.05) is 0 Å². The molecule has 0 aliphatic carbocycles. The van der Waals surface area contributed by atoms with Gasteiger partial charge >= 0.3 is 11.9 Å². The Morgan fingerprint density at radius 2 is 1.04 bits per heavy atom. The minimum atomic E-state index is -1.08. The van der Waals surface area contributed by atoms with Crippen LogP contribution in [-0.2, 0) is 22.4 Å². The standard InChI is InChI=1S/C20H24N2O4/c1-13(21)11-15-3-7-17(8-4-15)25-19(23)20(24)26-18-9-5-16(6-10-18)12-14(2)22/h3-10,13-14H,11-12,21-22H2,1-2H3. The first-order valence-corrected chi connectivity index (χ1v) is 8.46. The summed E-state index contributed by atoms with van der Waals surface area (Å²) in [5, 5.41) is 0. The second-order valence-electron chi connectivity index (χ2n) is 6.43. The first kappa shape index (κ1) is 19.6. The van der Waals surface area contributed by atoms with Gasteiger partial charge < -0.3 is 20.9 Å². The Labute approximate surface area is 153 Å². The number of hydrogen-bond donors (Lipinski definition) is 2. The number of carbonyl (C=O) groups is 2. The highest BCUT2D eigenvalue weighted by Crippen LogP contribution is 2.16. The SMILES string of the molecule is CC(N)Cc1ccc(OC(=O)C(=O)Oc2ccc(CC(C)N)cc2)cc1. The van der Waals surface area contributed by atoms with Gasteiger partial charge in [0.2, 0.25) is 0 Å². The number of hydrogen-bond acceptors (Lipinski definition) is 6. The fourth-order valence-electron chi connectivity index (χ4n) is 2.43. The van der Waals surface area contributed by atoms with Gasteiger partial charge in [-0.05, 0) is 62.1 Å². The molecule has 0 amide bonds. The predicted molar refractivity (Wildman–Crippen MR) is 98.9 cm³/mol. The van der Waals surface area contributed by atoms with Crippen LogP contribution in [0.2, 0.25) is 0 Å². The molecule has 6 nitrogen and oxygen atoms in total. The number of carbonyl (C=O) groups excluding carboxylic acids is 2. The molecule has 0 heterocycles. The van der Waals surface area contributed by atoms with E-state index in [0.29, 0.717) is 0 Å². The first-order valence-electron chi connectivity index (χ1n) is 8.46. The Morgan fingerprint density at radius 3 is 1.31 bits per heavy atom. The highest BCUT2D eigenvalue weighted by molar-refractivity contribution is 6.31. The van der Waals surface area contributed by atoms with Gasteiger partial charge in [-0.1, -0.05) is 24.3 Å². The highest BCUT2D eigenvalue weighted by atomic mass is 16.6. The molecule has 2 aromatic rings. The molecule has 6 heteroatoms. The van der Waals surface area contributed by atoms with Crippen molar-refractivity contribution in [2.45, 2.75) is 38.8 Å². The smallest absolute Gasteiger partial charge is 0.418 e. The van der Waals surface area contributed by atoms with Gasteiger partial charge in [0.15, 0.2) is 0 Å². The largest absolute Gasteiger partial charge is 0.423 e. The Bertz CT molecular complexity index is 672. The summed E-state index contributed by atoms with van der Waals surface area (Å²) in [5.74, 6) is -1.62. The summed E-state index contributed by atoms with van der Waals surface area (Å²) < 4.78 is 10.0. The first-order chi connectivity index (χ1) is 12.3. The van der Waals surface area contributed by atoms with Crippen molar-refractivity contribution in [3.8, 4) is 11.5 Å². The highest BCUT2D eigenvalue weighted by Gasteiger charge is 2.19. The lowest BCUT2D eigenvalue weighted by atomic mass is 10.1. The molecule has 0 aliphatic rings. The Kier molecular flexibility index (Phi) is 6.89. The van der Waals surface area contributed by atoms with Crippen molar-refractivity contribution in [3.63, 3.8) is 0 Å². The van der Waals surface area contributed by atoms with Crippen molar-refractivity contribution in [3.05, 3.63) is 59.7 Å². The van der Waals surface area contributed by atoms with E-state index >= 15 is 0 Å². The summed E-state index contributed by atoms with van der Waals surface area (Å²) in [6.45, 7) is 3.82. The molecule has 0 aliphatic heterocycles. The van der Waals surface area contributed by atoms with Gasteiger partial charge in [-0.25, -0.2) is 9.59 Å². The molecule has 138 valence electrons. The van der Waals surface area contributed by atoms with E-state index in [9.17, 15) is 9.59 Å². The van der Waals surface area contributed by atoms with Gasteiger partial charge in [-0.2, -0.15) is 0 Å². The second-order valence-corrected chi connectivity index (χ2v) is 6.43. The molecule has 0 aromatic heterocycles. The lowest BCUT2D eigenvalue weighted by molar-refractivity contribution is -0.156. The number of ether oxygens (including phenoxy) is 2. The van der Waals surface area contributed by atoms with Gasteiger partial charge in [0.25, 0.3) is 0 Å². The van der Waals surface area contributed by atoms with Crippen molar-refractivity contribution >= 4 is 11.9 Å². The van der Waals surface area contributed by atoms with Crippen LogP contribution in [0.5, 0.6) is 11.5 Å². The fraction of sp³-hybridized carbons (Fsp3) is 0.300. The van der Waals surface area contributed by atoms with Crippen molar-refractivity contribution in [2.24, 2.45) is 11.5 Å². The van der Waals surface area contributed by atoms with Crippen LogP contribution < -0.4 is 20.9 Å². The maximum atomic E-state index is 11.9. The monoisotopic (exact) mass is 356 g/mol. The molecule has 2 rings (SSSR count). The third kappa shape index (κ3) is 6.31. The number of esters is 2. The zero-order valence-corrected chi connectivity index (χ0v) is 15.0. The van der Waals surface area contributed by atoms with Gasteiger partial charge in [-0.3, -0.25) is 0 Å². The van der Waals surface area contributed by atoms with Crippen LogP contribution in [0.1, 0.15) is 25.0 Å². The van der Waals surface area contributed by atoms with E-state index in [-0.39, 0.29) is 23.6 Å². The minimum absolute atomic E-state index is 0.0397. The summed E-state index contributed by atoms with van der Waals surface area (Å²) in [6, 6.07) is 13.7. The molecule has 0 fully saturated rings. The van der Waals surface area contributed by atoms with Crippen LogP contribution in [0.25, 0.3) is 0 Å². The van der Waals surface area contributed by atoms with Gasteiger partial charge in [0.05, 0.1) is 0 Å². The van der Waals surface area contributed by atoms with E-state index in [0.717, 1.165) is 24.0 Å². The van der Waals surface area contributed by atoms with Crippen LogP contribution in [0.4, 0.5) is 0 Å². The summed E-state index contributed by atoms with van der Waals surface area (Å²) in [5.41, 5.74) is 13.5. The number of benzene rings is 2. The second kappa shape index (κ2) is 9.12. The topological polar surface area (TPSA) is 105 Å². The quantitative estimate of drug-likeness (QED) is 0.466. The normalized spacial score (nSPS) is 12.9. The lowest BCUT2D eigenvalue weighted by Gasteiger charge is -2.08. The summed E-state index contributed by atoms with van der Waals surface area (Å²) in [6.07, 6.45) is 1.43. The van der Waals surface area contributed by atoms with Crippen molar-refractivity contribution in [1.29, 1.82) is 0 Å². The maximum Gasteiger partial charge on any atom is 0.423 e. The van der Waals surface area contributed by atoms with E-state index in [4.69, 9.17) is 20.9 Å². The number of nitrogens with two attached hydrogens (primary N) is 2. The predicted octanol–water partition coefficient (Wildman–Crippen LogP) is 1.98. The molecule has 2 aromatic carbocycles. The zero-order valence-electron chi connectivity index (χ0n) is 15.0. The molecule has 0 bridgehead atoms. The minimum Gasteiger partial charge on any atom is -0.418 e. The molecular weight excluding hydrogens is 332 g/mol. The van der Waals surface area contributed by atoms with Crippen molar-refractivity contribution < 1.29 is 19.1 Å². The molecule has 2 atom stereocenters. The third-order valence-corrected chi connectivity index (χ3v) is 3.55. The van der Waals surface area contributed by atoms with Gasteiger partial charge in [0, 0.05) is 12.1 Å². The molecule has 2 unspecified atom stereocenters. The van der Waals surface area contributed by atoms with Crippen LogP contribution >= 0.6 is 0 Å². The van der Waals surface area contributed by atoms with E-state index in [2.05, 4.69) is 0 Å². The van der Waals surface area contributed by atoms with Gasteiger partial charge in [-0.15, -0.1) is 0 Å². The summed E-state index contributed by atoms with van der Waals surface area (Å²) in [7, 11) is 0.